The molecule has 2 aromatic rings. The van der Waals surface area contributed by atoms with Crippen molar-refractivity contribution < 1.29 is 9.90 Å². The summed E-state index contributed by atoms with van der Waals surface area (Å²) in [4.78, 5) is 17.2. The maximum Gasteiger partial charge on any atom is 0.184 e. The summed E-state index contributed by atoms with van der Waals surface area (Å²) in [5.74, 6) is -0.0801. The van der Waals surface area contributed by atoms with E-state index in [4.69, 9.17) is 16.6 Å². The van der Waals surface area contributed by atoms with Crippen molar-refractivity contribution in [3.63, 3.8) is 0 Å². The number of hydrogen-bond donors (Lipinski definition) is 4. The lowest BCUT2D eigenvalue weighted by Gasteiger charge is -2.17. The first kappa shape index (κ1) is 18.4. The summed E-state index contributed by atoms with van der Waals surface area (Å²) in [6.45, 7) is 0.295. The fourth-order valence-electron chi connectivity index (χ4n) is 2.72. The number of aliphatic hydroxyl groups is 1. The van der Waals surface area contributed by atoms with E-state index in [0.717, 1.165) is 11.3 Å². The quantitative estimate of drug-likeness (QED) is 0.464. The van der Waals surface area contributed by atoms with E-state index in [0.29, 0.717) is 41.3 Å². The smallest absolute Gasteiger partial charge is 0.184 e. The molecule has 138 valence electrons. The summed E-state index contributed by atoms with van der Waals surface area (Å²) >= 11 is 0. The van der Waals surface area contributed by atoms with E-state index in [-0.39, 0.29) is 12.4 Å². The average molecular weight is 362 g/mol. The molecule has 0 heterocycles. The Morgan fingerprint density at radius 1 is 0.926 bits per heavy atom. The molecule has 3 rings (SSSR count). The van der Waals surface area contributed by atoms with Crippen LogP contribution in [0, 0.1) is 0 Å². The molecule has 0 spiro atoms. The Balaban J connectivity index is 1.92. The molecular weight excluding hydrogens is 340 g/mol. The van der Waals surface area contributed by atoms with Crippen molar-refractivity contribution in [3.05, 3.63) is 77.5 Å². The molecule has 0 amide bonds. The number of carbonyl (C=O) groups excluding carboxylic acids is 1. The molecule has 27 heavy (non-hydrogen) atoms. The first-order valence-electron chi connectivity index (χ1n) is 8.65. The van der Waals surface area contributed by atoms with Gasteiger partial charge in [0, 0.05) is 36.0 Å². The number of nitrogens with two attached hydrogens (primary N) is 2. The summed E-state index contributed by atoms with van der Waals surface area (Å²) in [6.07, 6.45) is 3.80. The summed E-state index contributed by atoms with van der Waals surface area (Å²) in [5.41, 5.74) is 16.4. The van der Waals surface area contributed by atoms with E-state index in [1.165, 1.54) is 6.08 Å². The standard InChI is InChI=1S/C21H22N4O2/c22-16-3-1-14(2-4-16)11-15-12-20(19(13-21(15)27)24-9-10-26)25-18-7-5-17(23)6-8-18/h1-8,12-13,24,26H,9-11,22-23H2. The molecule has 0 radical (unpaired) electrons. The van der Waals surface area contributed by atoms with Gasteiger partial charge in [-0.25, -0.2) is 4.99 Å². The SMILES string of the molecule is Nc1ccc(CC2=CC(=Nc3ccc(N)cc3)C(NCCO)=CC2=O)cc1. The molecule has 6 N–H and O–H groups in total. The van der Waals surface area contributed by atoms with Crippen LogP contribution in [0.25, 0.3) is 0 Å². The number of hydrogen-bond acceptors (Lipinski definition) is 6. The molecule has 0 atom stereocenters. The van der Waals surface area contributed by atoms with Gasteiger partial charge >= 0.3 is 0 Å². The summed E-state index contributed by atoms with van der Waals surface area (Å²) in [7, 11) is 0. The summed E-state index contributed by atoms with van der Waals surface area (Å²) in [5, 5.41) is 12.1. The van der Waals surface area contributed by atoms with Crippen molar-refractivity contribution in [2.75, 3.05) is 24.6 Å². The van der Waals surface area contributed by atoms with Crippen molar-refractivity contribution in [1.29, 1.82) is 0 Å². The van der Waals surface area contributed by atoms with Gasteiger partial charge in [-0.2, -0.15) is 0 Å². The molecule has 1 aliphatic carbocycles. The predicted molar refractivity (Wildman–Crippen MR) is 109 cm³/mol. The Hall–Kier alpha value is -3.38. The molecule has 0 aromatic heterocycles. The van der Waals surface area contributed by atoms with Gasteiger partial charge in [0.05, 0.1) is 23.7 Å². The van der Waals surface area contributed by atoms with Crippen molar-refractivity contribution in [2.24, 2.45) is 4.99 Å². The molecule has 6 nitrogen and oxygen atoms in total. The van der Waals surface area contributed by atoms with Crippen LogP contribution in [-0.4, -0.2) is 29.8 Å². The van der Waals surface area contributed by atoms with Crippen molar-refractivity contribution >= 4 is 28.6 Å². The molecule has 1 aliphatic rings. The van der Waals surface area contributed by atoms with Gasteiger partial charge in [-0.1, -0.05) is 12.1 Å². The zero-order valence-corrected chi connectivity index (χ0v) is 14.9. The number of rotatable bonds is 6. The van der Waals surface area contributed by atoms with Crippen molar-refractivity contribution in [2.45, 2.75) is 6.42 Å². The summed E-state index contributed by atoms with van der Waals surface area (Å²) in [6, 6.07) is 14.6. The number of anilines is 2. The van der Waals surface area contributed by atoms with Crippen LogP contribution in [0.15, 0.2) is 76.9 Å². The second-order valence-corrected chi connectivity index (χ2v) is 6.25. The predicted octanol–water partition coefficient (Wildman–Crippen LogP) is 2.14. The Morgan fingerprint density at radius 2 is 1.56 bits per heavy atom. The van der Waals surface area contributed by atoms with Gasteiger partial charge in [0.2, 0.25) is 0 Å². The summed E-state index contributed by atoms with van der Waals surface area (Å²) < 4.78 is 0. The fraction of sp³-hybridized carbons (Fsp3) is 0.143. The molecular formula is C21H22N4O2. The highest BCUT2D eigenvalue weighted by Crippen LogP contribution is 2.21. The van der Waals surface area contributed by atoms with E-state index in [1.807, 2.05) is 36.4 Å². The Morgan fingerprint density at radius 3 is 2.19 bits per heavy atom. The molecule has 0 saturated heterocycles. The van der Waals surface area contributed by atoms with E-state index in [1.54, 1.807) is 18.2 Å². The van der Waals surface area contributed by atoms with Gasteiger partial charge < -0.3 is 21.9 Å². The van der Waals surface area contributed by atoms with Crippen LogP contribution in [0.1, 0.15) is 5.56 Å². The van der Waals surface area contributed by atoms with Crippen molar-refractivity contribution in [1.82, 2.24) is 5.32 Å². The van der Waals surface area contributed by atoms with E-state index in [9.17, 15) is 4.79 Å². The fourth-order valence-corrected chi connectivity index (χ4v) is 2.72. The third kappa shape index (κ3) is 4.83. The number of ketones is 1. The number of benzene rings is 2. The van der Waals surface area contributed by atoms with Crippen LogP contribution in [-0.2, 0) is 11.2 Å². The highest BCUT2D eigenvalue weighted by molar-refractivity contribution is 6.22. The van der Waals surface area contributed by atoms with Crippen LogP contribution in [0.2, 0.25) is 0 Å². The van der Waals surface area contributed by atoms with Crippen LogP contribution in [0.5, 0.6) is 0 Å². The lowest BCUT2D eigenvalue weighted by Crippen LogP contribution is -2.27. The maximum absolute atomic E-state index is 12.5. The monoisotopic (exact) mass is 362 g/mol. The van der Waals surface area contributed by atoms with Gasteiger partial charge in [-0.3, -0.25) is 4.79 Å². The van der Waals surface area contributed by atoms with Crippen LogP contribution < -0.4 is 16.8 Å². The minimum absolute atomic E-state index is 0.0390. The molecule has 2 aromatic carbocycles. The third-order valence-electron chi connectivity index (χ3n) is 4.12. The van der Waals surface area contributed by atoms with E-state index < -0.39 is 0 Å². The Labute approximate surface area is 157 Å². The zero-order valence-electron chi connectivity index (χ0n) is 14.9. The number of aliphatic hydroxyl groups excluding tert-OH is 1. The number of carbonyl (C=O) groups is 1. The third-order valence-corrected chi connectivity index (χ3v) is 4.12. The zero-order chi connectivity index (χ0) is 19.2. The van der Waals surface area contributed by atoms with Crippen LogP contribution >= 0.6 is 0 Å². The largest absolute Gasteiger partial charge is 0.399 e. The molecule has 0 saturated carbocycles. The average Bonchev–Trinajstić information content (AvgIpc) is 2.66. The lowest BCUT2D eigenvalue weighted by atomic mass is 9.94. The Bertz CT molecular complexity index is 910. The minimum atomic E-state index is -0.0801. The molecule has 0 aliphatic heterocycles. The number of nitrogens with zero attached hydrogens (tertiary/aromatic N) is 1. The second kappa shape index (κ2) is 8.33. The second-order valence-electron chi connectivity index (χ2n) is 6.25. The minimum Gasteiger partial charge on any atom is -0.399 e. The topological polar surface area (TPSA) is 114 Å². The highest BCUT2D eigenvalue weighted by Gasteiger charge is 2.19. The molecule has 6 heteroatoms. The van der Waals surface area contributed by atoms with Gasteiger partial charge in [-0.05, 0) is 48.0 Å². The number of nitrogen functional groups attached to an aromatic ring is 2. The van der Waals surface area contributed by atoms with Crippen LogP contribution in [0.3, 0.4) is 0 Å². The number of nitrogens with one attached hydrogen (secondary N) is 1. The van der Waals surface area contributed by atoms with Gasteiger partial charge in [-0.15, -0.1) is 0 Å². The highest BCUT2D eigenvalue weighted by atomic mass is 16.3. The van der Waals surface area contributed by atoms with Gasteiger partial charge in [0.15, 0.2) is 5.78 Å². The lowest BCUT2D eigenvalue weighted by molar-refractivity contribution is -0.111. The van der Waals surface area contributed by atoms with E-state index in [2.05, 4.69) is 10.3 Å². The number of aliphatic imine (C=N–C) groups is 1. The van der Waals surface area contributed by atoms with Crippen molar-refractivity contribution in [3.8, 4) is 0 Å². The van der Waals surface area contributed by atoms with Gasteiger partial charge in [0.1, 0.15) is 0 Å². The van der Waals surface area contributed by atoms with Gasteiger partial charge in [0.25, 0.3) is 0 Å². The van der Waals surface area contributed by atoms with Crippen LogP contribution in [0.4, 0.5) is 17.1 Å². The van der Waals surface area contributed by atoms with E-state index >= 15 is 0 Å². The normalized spacial score (nSPS) is 15.4. The number of allylic oxidation sites excluding steroid dienone is 3. The molecule has 0 unspecified atom stereocenters. The first-order chi connectivity index (χ1) is 13.0. The first-order valence-corrected chi connectivity index (χ1v) is 8.65. The molecule has 0 bridgehead atoms. The molecule has 0 fully saturated rings. The maximum atomic E-state index is 12.5. The Kier molecular flexibility index (Phi) is 5.68.